The molecule has 20 heavy (non-hydrogen) atoms. The van der Waals surface area contributed by atoms with Gasteiger partial charge in [-0.2, -0.15) is 11.8 Å². The Labute approximate surface area is 122 Å². The van der Waals surface area contributed by atoms with Gasteiger partial charge in [-0.05, 0) is 42.2 Å². The fourth-order valence-corrected chi connectivity index (χ4v) is 2.02. The van der Waals surface area contributed by atoms with Crippen molar-refractivity contribution in [2.45, 2.75) is 12.5 Å². The highest BCUT2D eigenvalue weighted by Crippen LogP contribution is 2.08. The number of carbonyl (C=O) groups is 2. The first-order valence-electron chi connectivity index (χ1n) is 6.09. The Kier molecular flexibility index (Phi) is 6.66. The first kappa shape index (κ1) is 16.1. The van der Waals surface area contributed by atoms with E-state index in [0.29, 0.717) is 17.9 Å². The van der Waals surface area contributed by atoms with Gasteiger partial charge in [0.2, 0.25) is 5.91 Å². The first-order valence-corrected chi connectivity index (χ1v) is 7.48. The van der Waals surface area contributed by atoms with Crippen molar-refractivity contribution in [3.63, 3.8) is 0 Å². The molecule has 0 aliphatic carbocycles. The topological polar surface area (TPSA) is 92.4 Å². The van der Waals surface area contributed by atoms with Crippen LogP contribution in [0.2, 0.25) is 0 Å². The average molecular weight is 294 g/mol. The highest BCUT2D eigenvalue weighted by Gasteiger charge is 2.17. The summed E-state index contributed by atoms with van der Waals surface area (Å²) in [6.45, 7) is 0. The van der Waals surface area contributed by atoms with E-state index in [1.165, 1.54) is 17.8 Å². The minimum absolute atomic E-state index is 0.397. The summed E-state index contributed by atoms with van der Waals surface area (Å²) >= 11 is 1.54. The van der Waals surface area contributed by atoms with Gasteiger partial charge in [-0.15, -0.1) is 0 Å². The number of nitrogen functional groups attached to an aromatic ring is 1. The molecule has 0 aliphatic rings. The monoisotopic (exact) mass is 294 g/mol. The summed E-state index contributed by atoms with van der Waals surface area (Å²) in [5.74, 6) is -0.776. The van der Waals surface area contributed by atoms with Gasteiger partial charge in [-0.1, -0.05) is 12.1 Å². The molecule has 0 saturated carbocycles. The molecule has 1 amide bonds. The molecular formula is C14H18N2O3S. The minimum Gasteiger partial charge on any atom is -0.480 e. The Hall–Kier alpha value is -1.95. The van der Waals surface area contributed by atoms with Crippen molar-refractivity contribution in [2.24, 2.45) is 0 Å². The minimum atomic E-state index is -1.02. The lowest BCUT2D eigenvalue weighted by atomic mass is 10.2. The highest BCUT2D eigenvalue weighted by molar-refractivity contribution is 7.98. The summed E-state index contributed by atoms with van der Waals surface area (Å²) in [7, 11) is 0. The number of nitrogens with two attached hydrogens (primary N) is 1. The maximum absolute atomic E-state index is 11.7. The van der Waals surface area contributed by atoms with Gasteiger partial charge < -0.3 is 16.2 Å². The SMILES string of the molecule is CSCC[C@H](NC(=O)/C=C/c1cccc(N)c1)C(=O)O. The zero-order valence-corrected chi connectivity index (χ0v) is 12.0. The second-order valence-corrected chi connectivity index (χ2v) is 5.17. The summed E-state index contributed by atoms with van der Waals surface area (Å²) in [6.07, 6.45) is 5.19. The average Bonchev–Trinajstić information content (AvgIpc) is 2.41. The van der Waals surface area contributed by atoms with Crippen LogP contribution < -0.4 is 11.1 Å². The van der Waals surface area contributed by atoms with Gasteiger partial charge in [0, 0.05) is 11.8 Å². The van der Waals surface area contributed by atoms with Crippen LogP contribution >= 0.6 is 11.8 Å². The zero-order valence-electron chi connectivity index (χ0n) is 11.2. The molecule has 0 radical (unpaired) electrons. The second kappa shape index (κ2) is 8.27. The quantitative estimate of drug-likeness (QED) is 0.525. The van der Waals surface area contributed by atoms with Crippen LogP contribution in [0.25, 0.3) is 6.08 Å². The molecule has 0 aliphatic heterocycles. The van der Waals surface area contributed by atoms with Gasteiger partial charge in [0.1, 0.15) is 6.04 Å². The van der Waals surface area contributed by atoms with Crippen LogP contribution in [0.5, 0.6) is 0 Å². The molecule has 0 saturated heterocycles. The lowest BCUT2D eigenvalue weighted by Gasteiger charge is -2.12. The summed E-state index contributed by atoms with van der Waals surface area (Å²) in [5.41, 5.74) is 7.02. The number of thioether (sulfide) groups is 1. The number of hydrogen-bond donors (Lipinski definition) is 3. The molecule has 0 heterocycles. The van der Waals surface area contributed by atoms with Crippen molar-refractivity contribution < 1.29 is 14.7 Å². The molecular weight excluding hydrogens is 276 g/mol. The number of hydrogen-bond acceptors (Lipinski definition) is 4. The number of rotatable bonds is 7. The molecule has 0 aromatic heterocycles. The van der Waals surface area contributed by atoms with E-state index in [-0.39, 0.29) is 0 Å². The van der Waals surface area contributed by atoms with E-state index in [9.17, 15) is 9.59 Å². The van der Waals surface area contributed by atoms with E-state index in [4.69, 9.17) is 10.8 Å². The molecule has 5 nitrogen and oxygen atoms in total. The van der Waals surface area contributed by atoms with Crippen molar-refractivity contribution in [3.8, 4) is 0 Å². The number of anilines is 1. The fraction of sp³-hybridized carbons (Fsp3) is 0.286. The molecule has 0 spiro atoms. The largest absolute Gasteiger partial charge is 0.480 e. The van der Waals surface area contributed by atoms with Crippen molar-refractivity contribution in [1.82, 2.24) is 5.32 Å². The molecule has 6 heteroatoms. The maximum Gasteiger partial charge on any atom is 0.326 e. The third-order valence-corrected chi connectivity index (χ3v) is 3.21. The lowest BCUT2D eigenvalue weighted by molar-refractivity contribution is -0.141. The molecule has 4 N–H and O–H groups in total. The van der Waals surface area contributed by atoms with Crippen molar-refractivity contribution in [2.75, 3.05) is 17.7 Å². The van der Waals surface area contributed by atoms with E-state index >= 15 is 0 Å². The summed E-state index contributed by atoms with van der Waals surface area (Å²) in [4.78, 5) is 22.7. The summed E-state index contributed by atoms with van der Waals surface area (Å²) in [6, 6.07) is 6.21. The molecule has 0 unspecified atom stereocenters. The number of aliphatic carboxylic acids is 1. The number of amides is 1. The third-order valence-electron chi connectivity index (χ3n) is 2.56. The number of carboxylic acid groups (broad SMARTS) is 1. The molecule has 108 valence electrons. The zero-order chi connectivity index (χ0) is 15.0. The number of nitrogens with one attached hydrogen (secondary N) is 1. The molecule has 1 atom stereocenters. The van der Waals surface area contributed by atoms with Gasteiger partial charge >= 0.3 is 5.97 Å². The van der Waals surface area contributed by atoms with Crippen LogP contribution in [0.3, 0.4) is 0 Å². The van der Waals surface area contributed by atoms with E-state index in [2.05, 4.69) is 5.32 Å². The third kappa shape index (κ3) is 5.79. The summed E-state index contributed by atoms with van der Waals surface area (Å²) in [5, 5.41) is 11.5. The lowest BCUT2D eigenvalue weighted by Crippen LogP contribution is -2.40. The van der Waals surface area contributed by atoms with E-state index in [0.717, 1.165) is 5.56 Å². The van der Waals surface area contributed by atoms with E-state index in [1.807, 2.05) is 12.3 Å². The molecule has 1 rings (SSSR count). The standard InChI is InChI=1S/C14H18N2O3S/c1-20-8-7-12(14(18)19)16-13(17)6-5-10-3-2-4-11(15)9-10/h2-6,9,12H,7-8,15H2,1H3,(H,16,17)(H,18,19)/b6-5+/t12-/m0/s1. The maximum atomic E-state index is 11.7. The van der Waals surface area contributed by atoms with Crippen LogP contribution in [-0.4, -0.2) is 35.0 Å². The highest BCUT2D eigenvalue weighted by atomic mass is 32.2. The molecule has 0 fully saturated rings. The van der Waals surface area contributed by atoms with Gasteiger partial charge in [0.15, 0.2) is 0 Å². The Morgan fingerprint density at radius 3 is 2.85 bits per heavy atom. The van der Waals surface area contributed by atoms with Crippen LogP contribution in [0.4, 0.5) is 5.69 Å². The predicted molar refractivity (Wildman–Crippen MR) is 82.5 cm³/mol. The number of carboxylic acids is 1. The smallest absolute Gasteiger partial charge is 0.326 e. The number of carbonyl (C=O) groups excluding carboxylic acids is 1. The normalized spacial score (nSPS) is 12.2. The summed E-state index contributed by atoms with van der Waals surface area (Å²) < 4.78 is 0. The first-order chi connectivity index (χ1) is 9.52. The van der Waals surface area contributed by atoms with Crippen LogP contribution in [0.15, 0.2) is 30.3 Å². The second-order valence-electron chi connectivity index (χ2n) is 4.18. The van der Waals surface area contributed by atoms with Gasteiger partial charge in [-0.25, -0.2) is 4.79 Å². The van der Waals surface area contributed by atoms with Gasteiger partial charge in [0.25, 0.3) is 0 Å². The Bertz CT molecular complexity index is 503. The Morgan fingerprint density at radius 2 is 2.25 bits per heavy atom. The van der Waals surface area contributed by atoms with Crippen molar-refractivity contribution in [3.05, 3.63) is 35.9 Å². The Balaban J connectivity index is 2.59. The van der Waals surface area contributed by atoms with Crippen molar-refractivity contribution in [1.29, 1.82) is 0 Å². The van der Waals surface area contributed by atoms with Gasteiger partial charge in [-0.3, -0.25) is 4.79 Å². The molecule has 1 aromatic rings. The van der Waals surface area contributed by atoms with Crippen molar-refractivity contribution >= 4 is 35.4 Å². The van der Waals surface area contributed by atoms with E-state index in [1.54, 1.807) is 24.3 Å². The Morgan fingerprint density at radius 1 is 1.50 bits per heavy atom. The van der Waals surface area contributed by atoms with Crippen LogP contribution in [0, 0.1) is 0 Å². The van der Waals surface area contributed by atoms with Crippen LogP contribution in [0.1, 0.15) is 12.0 Å². The number of benzene rings is 1. The van der Waals surface area contributed by atoms with Gasteiger partial charge in [0.05, 0.1) is 0 Å². The van der Waals surface area contributed by atoms with E-state index < -0.39 is 17.9 Å². The van der Waals surface area contributed by atoms with Crippen LogP contribution in [-0.2, 0) is 9.59 Å². The molecule has 1 aromatic carbocycles. The predicted octanol–water partition coefficient (Wildman–Crippen LogP) is 1.60. The molecule has 0 bridgehead atoms. The fourth-order valence-electron chi connectivity index (χ4n) is 1.55.